The maximum atomic E-state index is 12.4. The number of ether oxygens (including phenoxy) is 1. The highest BCUT2D eigenvalue weighted by atomic mass is 16.5. The minimum absolute atomic E-state index is 0.312. The zero-order valence-electron chi connectivity index (χ0n) is 19.0. The van der Waals surface area contributed by atoms with E-state index in [2.05, 4.69) is 42.4 Å². The number of carbonyl (C=O) groups excluding carboxylic acids is 1. The number of piperazine rings is 1. The van der Waals surface area contributed by atoms with E-state index in [1.807, 2.05) is 0 Å². The first-order chi connectivity index (χ1) is 13.4. The highest BCUT2D eigenvalue weighted by molar-refractivity contribution is 5.76. The molecule has 2 heterocycles. The van der Waals surface area contributed by atoms with Crippen LogP contribution in [0.5, 0.6) is 0 Å². The number of rotatable bonds is 11. The molecular weight excluding hydrogens is 350 g/mol. The van der Waals surface area contributed by atoms with Gasteiger partial charge < -0.3 is 19.4 Å². The smallest absolute Gasteiger partial charge is 0.222 e. The van der Waals surface area contributed by atoms with Gasteiger partial charge in [0.1, 0.15) is 0 Å². The van der Waals surface area contributed by atoms with Crippen LogP contribution in [-0.4, -0.2) is 85.7 Å². The van der Waals surface area contributed by atoms with E-state index in [0.29, 0.717) is 18.4 Å². The molecule has 2 fully saturated rings. The first-order valence-electron chi connectivity index (χ1n) is 11.8. The van der Waals surface area contributed by atoms with E-state index in [0.717, 1.165) is 50.8 Å². The molecule has 5 nitrogen and oxygen atoms in total. The van der Waals surface area contributed by atoms with Crippen LogP contribution in [-0.2, 0) is 9.53 Å². The van der Waals surface area contributed by atoms with Crippen molar-refractivity contribution in [2.24, 2.45) is 11.8 Å². The Balaban J connectivity index is 1.53. The molecule has 1 amide bonds. The summed E-state index contributed by atoms with van der Waals surface area (Å²) >= 11 is 0. The van der Waals surface area contributed by atoms with Gasteiger partial charge in [-0.25, -0.2) is 0 Å². The van der Waals surface area contributed by atoms with E-state index < -0.39 is 0 Å². The fraction of sp³-hybridized carbons (Fsp3) is 0.957. The Morgan fingerprint density at radius 3 is 2.14 bits per heavy atom. The van der Waals surface area contributed by atoms with Crippen molar-refractivity contribution in [1.82, 2.24) is 14.7 Å². The molecule has 0 atom stereocenters. The Morgan fingerprint density at radius 1 is 0.893 bits per heavy atom. The number of carbonyl (C=O) groups is 1. The molecular formula is C23H45N3O2. The van der Waals surface area contributed by atoms with Crippen LogP contribution >= 0.6 is 0 Å². The summed E-state index contributed by atoms with van der Waals surface area (Å²) in [7, 11) is 0. The van der Waals surface area contributed by atoms with Gasteiger partial charge in [0, 0.05) is 65.4 Å². The minimum atomic E-state index is 0.312. The standard InChI is InChI=1S/C23H45N3O2/c1-20(2)18-24-13-15-25(16-14-24)19-22-9-11-26(12-10-22)23(27)8-6-5-7-17-28-21(3)4/h20-22H,5-19H2,1-4H3. The average Bonchev–Trinajstić information content (AvgIpc) is 2.66. The molecule has 0 radical (unpaired) electrons. The van der Waals surface area contributed by atoms with Crippen LogP contribution in [0.15, 0.2) is 0 Å². The maximum Gasteiger partial charge on any atom is 0.222 e. The summed E-state index contributed by atoms with van der Waals surface area (Å²) in [5.41, 5.74) is 0. The molecule has 28 heavy (non-hydrogen) atoms. The molecule has 0 aromatic rings. The average molecular weight is 396 g/mol. The number of piperidine rings is 1. The van der Waals surface area contributed by atoms with E-state index in [1.165, 1.54) is 52.1 Å². The Hall–Kier alpha value is -0.650. The highest BCUT2D eigenvalue weighted by Gasteiger charge is 2.25. The van der Waals surface area contributed by atoms with Crippen LogP contribution in [0.4, 0.5) is 0 Å². The molecule has 0 spiro atoms. The minimum Gasteiger partial charge on any atom is -0.379 e. The van der Waals surface area contributed by atoms with Gasteiger partial charge in [0.25, 0.3) is 0 Å². The first kappa shape index (κ1) is 23.6. The molecule has 2 rings (SSSR count). The fourth-order valence-corrected chi connectivity index (χ4v) is 4.43. The molecule has 0 bridgehead atoms. The van der Waals surface area contributed by atoms with Crippen molar-refractivity contribution in [2.45, 2.75) is 72.3 Å². The first-order valence-corrected chi connectivity index (χ1v) is 11.8. The lowest BCUT2D eigenvalue weighted by molar-refractivity contribution is -0.132. The number of amides is 1. The van der Waals surface area contributed by atoms with Crippen LogP contribution in [0.2, 0.25) is 0 Å². The van der Waals surface area contributed by atoms with E-state index in [4.69, 9.17) is 4.74 Å². The van der Waals surface area contributed by atoms with Gasteiger partial charge in [-0.15, -0.1) is 0 Å². The second-order valence-corrected chi connectivity index (χ2v) is 9.55. The van der Waals surface area contributed by atoms with E-state index >= 15 is 0 Å². The monoisotopic (exact) mass is 395 g/mol. The lowest BCUT2D eigenvalue weighted by atomic mass is 9.95. The molecule has 2 aliphatic heterocycles. The molecule has 0 aliphatic carbocycles. The molecule has 5 heteroatoms. The molecule has 0 N–H and O–H groups in total. The number of likely N-dealkylation sites (tertiary alicyclic amines) is 1. The van der Waals surface area contributed by atoms with Crippen molar-refractivity contribution < 1.29 is 9.53 Å². The van der Waals surface area contributed by atoms with Crippen LogP contribution in [0, 0.1) is 11.8 Å². The Morgan fingerprint density at radius 2 is 1.54 bits per heavy atom. The Labute approximate surface area is 173 Å². The largest absolute Gasteiger partial charge is 0.379 e. The zero-order valence-corrected chi connectivity index (χ0v) is 19.0. The SMILES string of the molecule is CC(C)CN1CCN(CC2CCN(C(=O)CCCCCOC(C)C)CC2)CC1. The summed E-state index contributed by atoms with van der Waals surface area (Å²) in [6.45, 7) is 18.8. The van der Waals surface area contributed by atoms with E-state index in [-0.39, 0.29) is 0 Å². The molecule has 2 aliphatic rings. The summed E-state index contributed by atoms with van der Waals surface area (Å²) < 4.78 is 5.56. The summed E-state index contributed by atoms with van der Waals surface area (Å²) in [6, 6.07) is 0. The third-order valence-corrected chi connectivity index (χ3v) is 6.06. The van der Waals surface area contributed by atoms with E-state index in [1.54, 1.807) is 0 Å². The summed E-state index contributed by atoms with van der Waals surface area (Å²) in [5, 5.41) is 0. The number of unbranched alkanes of at least 4 members (excludes halogenated alkanes) is 2. The highest BCUT2D eigenvalue weighted by Crippen LogP contribution is 2.20. The third kappa shape index (κ3) is 9.23. The summed E-state index contributed by atoms with van der Waals surface area (Å²) in [6.07, 6.45) is 6.55. The van der Waals surface area contributed by atoms with Gasteiger partial charge in [0.15, 0.2) is 0 Å². The number of hydrogen-bond acceptors (Lipinski definition) is 4. The maximum absolute atomic E-state index is 12.4. The van der Waals surface area contributed by atoms with Crippen LogP contribution in [0.1, 0.15) is 66.2 Å². The normalized spacial score (nSPS) is 20.4. The predicted molar refractivity (Wildman–Crippen MR) is 117 cm³/mol. The lowest BCUT2D eigenvalue weighted by Crippen LogP contribution is -2.49. The Bertz CT molecular complexity index is 426. The van der Waals surface area contributed by atoms with Gasteiger partial charge in [0.2, 0.25) is 5.91 Å². The quantitative estimate of drug-likeness (QED) is 0.502. The van der Waals surface area contributed by atoms with Gasteiger partial charge in [-0.05, 0) is 51.4 Å². The van der Waals surface area contributed by atoms with Gasteiger partial charge in [-0.2, -0.15) is 0 Å². The third-order valence-electron chi connectivity index (χ3n) is 6.06. The van der Waals surface area contributed by atoms with Crippen molar-refractivity contribution >= 4 is 5.91 Å². The molecule has 0 aromatic heterocycles. The molecule has 0 aromatic carbocycles. The fourth-order valence-electron chi connectivity index (χ4n) is 4.43. The van der Waals surface area contributed by atoms with E-state index in [9.17, 15) is 4.79 Å². The summed E-state index contributed by atoms with van der Waals surface area (Å²) in [5.74, 6) is 1.90. The summed E-state index contributed by atoms with van der Waals surface area (Å²) in [4.78, 5) is 19.8. The molecule has 0 unspecified atom stereocenters. The van der Waals surface area contributed by atoms with Gasteiger partial charge >= 0.3 is 0 Å². The second-order valence-electron chi connectivity index (χ2n) is 9.55. The van der Waals surface area contributed by atoms with Crippen LogP contribution in [0.3, 0.4) is 0 Å². The lowest BCUT2D eigenvalue weighted by Gasteiger charge is -2.39. The zero-order chi connectivity index (χ0) is 20.4. The molecule has 164 valence electrons. The van der Waals surface area contributed by atoms with Crippen molar-refractivity contribution in [2.75, 3.05) is 59.0 Å². The van der Waals surface area contributed by atoms with Crippen molar-refractivity contribution in [3.05, 3.63) is 0 Å². The second kappa shape index (κ2) is 12.8. The van der Waals surface area contributed by atoms with Crippen LogP contribution in [0.25, 0.3) is 0 Å². The topological polar surface area (TPSA) is 36.0 Å². The van der Waals surface area contributed by atoms with Crippen molar-refractivity contribution in [3.63, 3.8) is 0 Å². The number of hydrogen-bond donors (Lipinski definition) is 0. The van der Waals surface area contributed by atoms with Crippen molar-refractivity contribution in [3.8, 4) is 0 Å². The Kier molecular flexibility index (Phi) is 10.8. The number of nitrogens with zero attached hydrogens (tertiary/aromatic N) is 3. The van der Waals surface area contributed by atoms with Gasteiger partial charge in [-0.1, -0.05) is 20.3 Å². The van der Waals surface area contributed by atoms with Crippen LogP contribution < -0.4 is 0 Å². The molecule has 2 saturated heterocycles. The van der Waals surface area contributed by atoms with Gasteiger partial charge in [-0.3, -0.25) is 4.79 Å². The molecule has 0 saturated carbocycles. The van der Waals surface area contributed by atoms with Crippen molar-refractivity contribution in [1.29, 1.82) is 0 Å². The van der Waals surface area contributed by atoms with Gasteiger partial charge in [0.05, 0.1) is 6.10 Å². The predicted octanol–water partition coefficient (Wildman–Crippen LogP) is 3.48.